The molecule has 0 amide bonds. The molecule has 0 saturated heterocycles. The zero-order chi connectivity index (χ0) is 33.4. The number of non-ortho nitro benzene ring substituents is 1. The van der Waals surface area contributed by atoms with Gasteiger partial charge in [-0.2, -0.15) is 40.6 Å². The number of nitro groups is 1. The number of azo groups is 1. The van der Waals surface area contributed by atoms with Gasteiger partial charge < -0.3 is 0 Å². The fourth-order valence-corrected chi connectivity index (χ4v) is 5.96. The molecule has 0 aromatic heterocycles. The zero-order valence-corrected chi connectivity index (χ0v) is 25.1. The third-order valence-corrected chi connectivity index (χ3v) is 8.84. The SMILES string of the molecule is O=[N+]([O-])c1ccc(N2NC(c3ccccc3S(=O)(=O)O)=NN2c2ccc(N=Nc3ccc(S(=O)(=O)O)cc3)cc2S(=O)(=O)O)cc1.[NaH].[NaH]. The van der Waals surface area contributed by atoms with E-state index in [9.17, 15) is 44.5 Å². The Hall–Kier alpha value is -3.32. The molecule has 0 spiro atoms. The molecule has 0 unspecified atom stereocenters. The topological polar surface area (TPSA) is 262 Å². The molecule has 4 aromatic carbocycles. The van der Waals surface area contributed by atoms with Crippen LogP contribution in [0.15, 0.2) is 121 Å². The van der Waals surface area contributed by atoms with Crippen molar-refractivity contribution in [2.45, 2.75) is 14.7 Å². The number of benzene rings is 4. The first-order valence-electron chi connectivity index (χ1n) is 12.4. The Morgan fingerprint density at radius 3 is 1.83 bits per heavy atom. The van der Waals surface area contributed by atoms with E-state index in [2.05, 4.69) is 20.8 Å². The number of nitrogens with zero attached hydrogens (tertiary/aromatic N) is 6. The number of hydrazone groups is 1. The van der Waals surface area contributed by atoms with Crippen molar-refractivity contribution in [2.24, 2.45) is 15.3 Å². The van der Waals surface area contributed by atoms with Crippen molar-refractivity contribution < 1.29 is 43.8 Å². The van der Waals surface area contributed by atoms with Gasteiger partial charge in [-0.1, -0.05) is 12.1 Å². The maximum absolute atomic E-state index is 12.6. The zero-order valence-electron chi connectivity index (χ0n) is 22.7. The van der Waals surface area contributed by atoms with Gasteiger partial charge in [-0.15, -0.1) is 10.2 Å². The molecule has 0 bridgehead atoms. The second-order valence-corrected chi connectivity index (χ2v) is 13.4. The second kappa shape index (κ2) is 15.1. The molecule has 0 saturated carbocycles. The Balaban J connectivity index is 0.00000312. The van der Waals surface area contributed by atoms with Crippen LogP contribution in [0.1, 0.15) is 5.56 Å². The maximum atomic E-state index is 12.6. The van der Waals surface area contributed by atoms with Gasteiger partial charge in [0.05, 0.1) is 26.9 Å². The summed E-state index contributed by atoms with van der Waals surface area (Å²) in [6.45, 7) is 0. The molecule has 1 aliphatic heterocycles. The van der Waals surface area contributed by atoms with Gasteiger partial charge >= 0.3 is 59.1 Å². The molecule has 48 heavy (non-hydrogen) atoms. The quantitative estimate of drug-likeness (QED) is 0.0633. The summed E-state index contributed by atoms with van der Waals surface area (Å²) in [5.74, 6) is -0.204. The van der Waals surface area contributed by atoms with Crippen LogP contribution in [-0.4, -0.2) is 109 Å². The molecule has 4 aromatic rings. The number of hydrazine groups is 2. The van der Waals surface area contributed by atoms with Crippen LogP contribution in [-0.2, 0) is 30.4 Å². The molecular formula is C25H21N7Na2O11S3. The minimum absolute atomic E-state index is 0. The summed E-state index contributed by atoms with van der Waals surface area (Å²) in [5, 5.41) is 25.3. The monoisotopic (exact) mass is 737 g/mol. The average molecular weight is 738 g/mol. The molecule has 18 nitrogen and oxygen atoms in total. The van der Waals surface area contributed by atoms with Crippen molar-refractivity contribution in [3.8, 4) is 0 Å². The van der Waals surface area contributed by atoms with Crippen LogP contribution in [0.3, 0.4) is 0 Å². The first-order chi connectivity index (χ1) is 21.5. The van der Waals surface area contributed by atoms with Crippen LogP contribution in [0.25, 0.3) is 0 Å². The molecule has 0 radical (unpaired) electrons. The fourth-order valence-electron chi connectivity index (χ4n) is 4.10. The van der Waals surface area contributed by atoms with Crippen molar-refractivity contribution in [2.75, 3.05) is 10.2 Å². The Labute approximate surface area is 317 Å². The first-order valence-corrected chi connectivity index (χ1v) is 16.7. The van der Waals surface area contributed by atoms with Gasteiger partial charge in [0.15, 0.2) is 5.84 Å². The molecule has 5 rings (SSSR count). The summed E-state index contributed by atoms with van der Waals surface area (Å²) in [4.78, 5) is 8.88. The van der Waals surface area contributed by atoms with Crippen LogP contribution >= 0.6 is 0 Å². The number of nitrogens with one attached hydrogen (secondary N) is 1. The van der Waals surface area contributed by atoms with E-state index in [1.807, 2.05) is 0 Å². The average Bonchev–Trinajstić information content (AvgIpc) is 3.44. The van der Waals surface area contributed by atoms with Crippen molar-refractivity contribution in [1.82, 2.24) is 5.43 Å². The first kappa shape index (κ1) is 39.1. The van der Waals surface area contributed by atoms with E-state index in [1.165, 1.54) is 54.6 Å². The van der Waals surface area contributed by atoms with Crippen molar-refractivity contribution in [1.29, 1.82) is 0 Å². The molecule has 1 heterocycles. The Kier molecular flexibility index (Phi) is 12.3. The van der Waals surface area contributed by atoms with Gasteiger partial charge in [0.2, 0.25) is 0 Å². The van der Waals surface area contributed by atoms with Crippen molar-refractivity contribution in [3.05, 3.63) is 107 Å². The Morgan fingerprint density at radius 1 is 0.708 bits per heavy atom. The van der Waals surface area contributed by atoms with Crippen LogP contribution in [0.2, 0.25) is 0 Å². The van der Waals surface area contributed by atoms with Gasteiger partial charge in [0, 0.05) is 17.7 Å². The van der Waals surface area contributed by atoms with Gasteiger partial charge in [0.1, 0.15) is 15.5 Å². The van der Waals surface area contributed by atoms with Crippen LogP contribution in [0, 0.1) is 10.1 Å². The molecule has 242 valence electrons. The number of nitro benzene ring substituents is 1. The predicted octanol–water partition coefficient (Wildman–Crippen LogP) is 2.56. The normalized spacial score (nSPS) is 13.4. The van der Waals surface area contributed by atoms with Crippen LogP contribution in [0.4, 0.5) is 28.4 Å². The van der Waals surface area contributed by atoms with E-state index < -0.39 is 45.1 Å². The van der Waals surface area contributed by atoms with E-state index >= 15 is 0 Å². The molecular weight excluding hydrogens is 716 g/mol. The number of amidine groups is 1. The number of rotatable bonds is 9. The molecule has 23 heteroatoms. The second-order valence-electron chi connectivity index (χ2n) is 9.20. The molecule has 0 atom stereocenters. The summed E-state index contributed by atoms with van der Waals surface area (Å²) in [6, 6.07) is 18.1. The summed E-state index contributed by atoms with van der Waals surface area (Å²) in [5.41, 5.74) is 2.26. The van der Waals surface area contributed by atoms with Crippen molar-refractivity contribution in [3.63, 3.8) is 0 Å². The Bertz CT molecular complexity index is 2260. The van der Waals surface area contributed by atoms with E-state index in [0.29, 0.717) is 0 Å². The van der Waals surface area contributed by atoms with E-state index in [4.69, 9.17) is 4.55 Å². The number of hydrogen-bond acceptors (Lipinski definition) is 14. The summed E-state index contributed by atoms with van der Waals surface area (Å²) in [6.07, 6.45) is 0. The third-order valence-electron chi connectivity index (χ3n) is 6.17. The minimum atomic E-state index is -5.02. The van der Waals surface area contributed by atoms with Crippen LogP contribution < -0.4 is 15.7 Å². The third kappa shape index (κ3) is 8.82. The van der Waals surface area contributed by atoms with Crippen LogP contribution in [0.5, 0.6) is 0 Å². The standard InChI is InChI=1S/C25H19N7O11S3.2Na.2H/c33-32(34)19-10-8-18(9-11-19)30-28-25(21-3-1-2-4-23(21)45(38,39)40)29-31(30)22-14-7-17(15-24(22)46(41,42)43)27-26-16-5-12-20(13-6-16)44(35,36)37;;;;/h1-15H,(H,28,29)(H,35,36,37)(H,38,39,40)(H,41,42,43);;;;. The number of anilines is 2. The molecule has 0 aliphatic carbocycles. The van der Waals surface area contributed by atoms with Gasteiger partial charge in [-0.25, -0.2) is 0 Å². The summed E-state index contributed by atoms with van der Waals surface area (Å²) >= 11 is 0. The van der Waals surface area contributed by atoms with E-state index in [-0.39, 0.29) is 104 Å². The molecule has 4 N–H and O–H groups in total. The molecule has 0 fully saturated rings. The van der Waals surface area contributed by atoms with Gasteiger partial charge in [-0.05, 0) is 66.7 Å². The summed E-state index contributed by atoms with van der Waals surface area (Å²) < 4.78 is 101. The number of hydrogen-bond donors (Lipinski definition) is 4. The Morgan fingerprint density at radius 2 is 1.27 bits per heavy atom. The van der Waals surface area contributed by atoms with Crippen molar-refractivity contribution >= 4 is 124 Å². The molecule has 1 aliphatic rings. The van der Waals surface area contributed by atoms with Gasteiger partial charge in [0.25, 0.3) is 36.0 Å². The van der Waals surface area contributed by atoms with E-state index in [0.717, 1.165) is 46.6 Å². The van der Waals surface area contributed by atoms with Gasteiger partial charge in [-0.3, -0.25) is 29.2 Å². The summed E-state index contributed by atoms with van der Waals surface area (Å²) in [7, 11) is -14.2. The fraction of sp³-hybridized carbons (Fsp3) is 0. The predicted molar refractivity (Wildman–Crippen MR) is 175 cm³/mol. The van der Waals surface area contributed by atoms with E-state index in [1.54, 1.807) is 0 Å².